The van der Waals surface area contributed by atoms with Gasteiger partial charge in [0.15, 0.2) is 5.16 Å². The molecule has 7 heteroatoms. The second-order valence-electron chi connectivity index (χ2n) is 4.90. The second kappa shape index (κ2) is 8.98. The SMILES string of the molecule is CCn1ccnc1SCC(=O)N(C)CCOc1ccc(Br)cc1. The van der Waals surface area contributed by atoms with Gasteiger partial charge in [-0.05, 0) is 31.2 Å². The highest BCUT2D eigenvalue weighted by molar-refractivity contribution is 9.10. The van der Waals surface area contributed by atoms with E-state index < -0.39 is 0 Å². The fraction of sp³-hybridized carbons (Fsp3) is 0.375. The van der Waals surface area contributed by atoms with Gasteiger partial charge < -0.3 is 14.2 Å². The minimum Gasteiger partial charge on any atom is -0.492 e. The van der Waals surface area contributed by atoms with Crippen molar-refractivity contribution in [1.29, 1.82) is 0 Å². The van der Waals surface area contributed by atoms with Gasteiger partial charge in [-0.2, -0.15) is 0 Å². The highest BCUT2D eigenvalue weighted by Gasteiger charge is 2.11. The van der Waals surface area contributed by atoms with E-state index >= 15 is 0 Å². The third kappa shape index (κ3) is 5.58. The highest BCUT2D eigenvalue weighted by atomic mass is 79.9. The number of benzene rings is 1. The lowest BCUT2D eigenvalue weighted by atomic mass is 10.3. The number of carbonyl (C=O) groups excluding carboxylic acids is 1. The smallest absolute Gasteiger partial charge is 0.232 e. The van der Waals surface area contributed by atoms with E-state index in [0.717, 1.165) is 21.9 Å². The largest absolute Gasteiger partial charge is 0.492 e. The Bertz CT molecular complexity index is 631. The molecular weight excluding hydrogens is 378 g/mol. The number of aromatic nitrogens is 2. The van der Waals surface area contributed by atoms with Crippen LogP contribution in [0, 0.1) is 0 Å². The number of nitrogens with zero attached hydrogens (tertiary/aromatic N) is 3. The van der Waals surface area contributed by atoms with Crippen LogP contribution in [-0.4, -0.2) is 46.3 Å². The molecule has 1 heterocycles. The molecule has 2 rings (SSSR count). The lowest BCUT2D eigenvalue weighted by Gasteiger charge is -2.17. The van der Waals surface area contributed by atoms with Gasteiger partial charge in [-0.1, -0.05) is 27.7 Å². The van der Waals surface area contributed by atoms with E-state index in [1.807, 2.05) is 35.0 Å². The predicted octanol–water partition coefficient (Wildman–Crippen LogP) is 3.30. The average Bonchev–Trinajstić information content (AvgIpc) is 3.01. The van der Waals surface area contributed by atoms with Gasteiger partial charge in [-0.3, -0.25) is 4.79 Å². The zero-order valence-corrected chi connectivity index (χ0v) is 15.6. The van der Waals surface area contributed by atoms with Crippen molar-refractivity contribution in [2.24, 2.45) is 0 Å². The van der Waals surface area contributed by atoms with Crippen LogP contribution in [0.2, 0.25) is 0 Å². The lowest BCUT2D eigenvalue weighted by Crippen LogP contribution is -2.32. The van der Waals surface area contributed by atoms with Gasteiger partial charge >= 0.3 is 0 Å². The van der Waals surface area contributed by atoms with Crippen LogP contribution in [0.3, 0.4) is 0 Å². The van der Waals surface area contributed by atoms with Crippen LogP contribution in [-0.2, 0) is 11.3 Å². The van der Waals surface area contributed by atoms with Gasteiger partial charge in [0.2, 0.25) is 5.91 Å². The van der Waals surface area contributed by atoms with Crippen molar-refractivity contribution in [3.05, 3.63) is 41.1 Å². The quantitative estimate of drug-likeness (QED) is 0.641. The van der Waals surface area contributed by atoms with Gasteiger partial charge in [-0.25, -0.2) is 4.98 Å². The molecule has 23 heavy (non-hydrogen) atoms. The van der Waals surface area contributed by atoms with Crippen molar-refractivity contribution >= 4 is 33.6 Å². The topological polar surface area (TPSA) is 47.4 Å². The summed E-state index contributed by atoms with van der Waals surface area (Å²) in [6.07, 6.45) is 3.68. The molecule has 0 saturated carbocycles. The number of hydrogen-bond donors (Lipinski definition) is 0. The summed E-state index contributed by atoms with van der Waals surface area (Å²) < 4.78 is 8.67. The molecule has 0 aliphatic carbocycles. The van der Waals surface area contributed by atoms with Crippen molar-refractivity contribution in [3.63, 3.8) is 0 Å². The monoisotopic (exact) mass is 397 g/mol. The van der Waals surface area contributed by atoms with E-state index in [4.69, 9.17) is 4.74 Å². The molecule has 0 N–H and O–H groups in total. The van der Waals surface area contributed by atoms with Crippen LogP contribution in [0.1, 0.15) is 6.92 Å². The third-order valence-corrected chi connectivity index (χ3v) is 4.80. The Kier molecular flexibility index (Phi) is 6.98. The van der Waals surface area contributed by atoms with Crippen molar-refractivity contribution in [1.82, 2.24) is 14.5 Å². The van der Waals surface area contributed by atoms with Gasteiger partial charge in [0.05, 0.1) is 12.3 Å². The Balaban J connectivity index is 1.71. The van der Waals surface area contributed by atoms with E-state index in [1.165, 1.54) is 11.8 Å². The summed E-state index contributed by atoms with van der Waals surface area (Å²) in [5.41, 5.74) is 0. The molecule has 0 aliphatic rings. The van der Waals surface area contributed by atoms with Gasteiger partial charge in [0, 0.05) is 30.5 Å². The number of rotatable bonds is 8. The molecule has 1 amide bonds. The molecule has 0 spiro atoms. The second-order valence-corrected chi connectivity index (χ2v) is 6.76. The summed E-state index contributed by atoms with van der Waals surface area (Å²) in [6.45, 7) is 3.93. The van der Waals surface area contributed by atoms with Gasteiger partial charge in [-0.15, -0.1) is 0 Å². The molecule has 0 radical (unpaired) electrons. The summed E-state index contributed by atoms with van der Waals surface area (Å²) in [5, 5.41) is 0.875. The molecule has 124 valence electrons. The molecule has 5 nitrogen and oxygen atoms in total. The number of imidazole rings is 1. The standard InChI is InChI=1S/C16H20BrN3O2S/c1-3-20-9-8-18-16(20)23-12-15(21)19(2)10-11-22-14-6-4-13(17)5-7-14/h4-9H,3,10-12H2,1-2H3. The minimum atomic E-state index is 0.0695. The molecule has 1 aromatic carbocycles. The maximum Gasteiger partial charge on any atom is 0.232 e. The molecule has 0 atom stereocenters. The summed E-state index contributed by atoms with van der Waals surface area (Å²) in [4.78, 5) is 18.1. The van der Waals surface area contributed by atoms with Crippen molar-refractivity contribution < 1.29 is 9.53 Å². The summed E-state index contributed by atoms with van der Waals surface area (Å²) >= 11 is 4.84. The average molecular weight is 398 g/mol. The lowest BCUT2D eigenvalue weighted by molar-refractivity contribution is -0.127. The van der Waals surface area contributed by atoms with Gasteiger partial charge in [0.1, 0.15) is 12.4 Å². The molecule has 0 aliphatic heterocycles. The zero-order valence-electron chi connectivity index (χ0n) is 13.2. The van der Waals surface area contributed by atoms with Gasteiger partial charge in [0.25, 0.3) is 0 Å². The van der Waals surface area contributed by atoms with Crippen LogP contribution in [0.4, 0.5) is 0 Å². The first-order valence-corrected chi connectivity index (χ1v) is 9.14. The van der Waals surface area contributed by atoms with Crippen LogP contribution in [0.15, 0.2) is 46.3 Å². The summed E-state index contributed by atoms with van der Waals surface area (Å²) in [5.74, 6) is 1.25. The van der Waals surface area contributed by atoms with E-state index in [1.54, 1.807) is 18.1 Å². The minimum absolute atomic E-state index is 0.0695. The zero-order chi connectivity index (χ0) is 16.7. The number of likely N-dealkylation sites (N-methyl/N-ethyl adjacent to an activating group) is 1. The molecular formula is C16H20BrN3O2S. The molecule has 0 fully saturated rings. The summed E-state index contributed by atoms with van der Waals surface area (Å²) in [6, 6.07) is 7.64. The molecule has 0 bridgehead atoms. The fourth-order valence-corrected chi connectivity index (χ4v) is 3.10. The third-order valence-electron chi connectivity index (χ3n) is 3.28. The fourth-order valence-electron chi connectivity index (χ4n) is 1.87. The van der Waals surface area contributed by atoms with Crippen LogP contribution >= 0.6 is 27.7 Å². The van der Waals surface area contributed by atoms with Crippen LogP contribution < -0.4 is 4.74 Å². The van der Waals surface area contributed by atoms with E-state index in [2.05, 4.69) is 27.8 Å². The van der Waals surface area contributed by atoms with Crippen molar-refractivity contribution in [2.45, 2.75) is 18.6 Å². The number of carbonyl (C=O) groups is 1. The Labute approximate surface area is 149 Å². The first-order chi connectivity index (χ1) is 11.1. The number of hydrogen-bond acceptors (Lipinski definition) is 4. The Morgan fingerprint density at radius 2 is 2.13 bits per heavy atom. The molecule has 0 unspecified atom stereocenters. The number of thioether (sulfide) groups is 1. The number of aryl methyl sites for hydroxylation is 1. The first kappa shape index (κ1) is 17.9. The predicted molar refractivity (Wildman–Crippen MR) is 95.9 cm³/mol. The van der Waals surface area contributed by atoms with Crippen molar-refractivity contribution in [3.8, 4) is 5.75 Å². The van der Waals surface area contributed by atoms with E-state index in [0.29, 0.717) is 18.9 Å². The normalized spacial score (nSPS) is 10.6. The van der Waals surface area contributed by atoms with Crippen LogP contribution in [0.5, 0.6) is 5.75 Å². The highest BCUT2D eigenvalue weighted by Crippen LogP contribution is 2.17. The number of ether oxygens (including phenoxy) is 1. The Morgan fingerprint density at radius 3 is 2.83 bits per heavy atom. The van der Waals surface area contributed by atoms with E-state index in [-0.39, 0.29) is 5.91 Å². The number of amides is 1. The number of halogens is 1. The molecule has 0 saturated heterocycles. The molecule has 1 aromatic heterocycles. The Hall–Kier alpha value is -1.47. The summed E-state index contributed by atoms with van der Waals surface area (Å²) in [7, 11) is 1.79. The van der Waals surface area contributed by atoms with Crippen LogP contribution in [0.25, 0.3) is 0 Å². The maximum absolute atomic E-state index is 12.1. The maximum atomic E-state index is 12.1. The van der Waals surface area contributed by atoms with Crippen molar-refractivity contribution in [2.75, 3.05) is 26.0 Å². The van der Waals surface area contributed by atoms with E-state index in [9.17, 15) is 4.79 Å². The first-order valence-electron chi connectivity index (χ1n) is 7.36. The Morgan fingerprint density at radius 1 is 1.39 bits per heavy atom. The molecule has 2 aromatic rings.